The minimum absolute atomic E-state index is 0.292. The molecule has 0 aliphatic carbocycles. The lowest BCUT2D eigenvalue weighted by atomic mass is 10.1. The first kappa shape index (κ1) is 12.1. The standard InChI is InChI=1S/C10H13BrN2O2/c1-3-15-10(14)9(12-2)7-4-8(11)6-13-5-7/h4-6,9,12H,3H2,1-2H3. The summed E-state index contributed by atoms with van der Waals surface area (Å²) in [6.45, 7) is 2.15. The monoisotopic (exact) mass is 272 g/mol. The van der Waals surface area contributed by atoms with Gasteiger partial charge in [-0.25, -0.2) is 4.79 Å². The van der Waals surface area contributed by atoms with Gasteiger partial charge in [0.2, 0.25) is 0 Å². The van der Waals surface area contributed by atoms with E-state index in [1.165, 1.54) is 0 Å². The van der Waals surface area contributed by atoms with E-state index >= 15 is 0 Å². The molecule has 1 aromatic heterocycles. The fourth-order valence-electron chi connectivity index (χ4n) is 1.23. The van der Waals surface area contributed by atoms with E-state index in [2.05, 4.69) is 26.2 Å². The quantitative estimate of drug-likeness (QED) is 0.848. The molecule has 1 aromatic rings. The molecule has 0 aliphatic rings. The summed E-state index contributed by atoms with van der Waals surface area (Å²) < 4.78 is 5.78. The Bertz CT molecular complexity index is 344. The number of pyridine rings is 1. The maximum atomic E-state index is 11.6. The van der Waals surface area contributed by atoms with Crippen LogP contribution in [0.1, 0.15) is 18.5 Å². The molecule has 1 heterocycles. The molecule has 0 saturated heterocycles. The second kappa shape index (κ2) is 5.82. The zero-order chi connectivity index (χ0) is 11.3. The first-order chi connectivity index (χ1) is 7.19. The van der Waals surface area contributed by atoms with Gasteiger partial charge in [0, 0.05) is 16.9 Å². The van der Waals surface area contributed by atoms with Crippen molar-refractivity contribution in [2.75, 3.05) is 13.7 Å². The van der Waals surface area contributed by atoms with Crippen LogP contribution in [0, 0.1) is 0 Å². The third-order valence-electron chi connectivity index (χ3n) is 1.87. The van der Waals surface area contributed by atoms with Crippen molar-refractivity contribution in [2.45, 2.75) is 13.0 Å². The van der Waals surface area contributed by atoms with Gasteiger partial charge in [-0.2, -0.15) is 0 Å². The number of likely N-dealkylation sites (N-methyl/N-ethyl adjacent to an activating group) is 1. The lowest BCUT2D eigenvalue weighted by molar-refractivity contribution is -0.145. The topological polar surface area (TPSA) is 51.2 Å². The predicted molar refractivity (Wildman–Crippen MR) is 60.4 cm³/mol. The van der Waals surface area contributed by atoms with Crippen LogP contribution in [-0.2, 0) is 9.53 Å². The molecule has 0 spiro atoms. The highest BCUT2D eigenvalue weighted by Gasteiger charge is 2.20. The van der Waals surface area contributed by atoms with Crippen molar-refractivity contribution in [2.24, 2.45) is 0 Å². The van der Waals surface area contributed by atoms with Gasteiger partial charge in [-0.3, -0.25) is 4.98 Å². The van der Waals surface area contributed by atoms with Crippen LogP contribution in [-0.4, -0.2) is 24.6 Å². The molecule has 0 aliphatic heterocycles. The number of halogens is 1. The van der Waals surface area contributed by atoms with Crippen LogP contribution in [0.25, 0.3) is 0 Å². The highest BCUT2D eigenvalue weighted by Crippen LogP contribution is 2.17. The van der Waals surface area contributed by atoms with Gasteiger partial charge in [0.15, 0.2) is 0 Å². The molecule has 1 rings (SSSR count). The minimum Gasteiger partial charge on any atom is -0.465 e. The average molecular weight is 273 g/mol. The van der Waals surface area contributed by atoms with Crippen molar-refractivity contribution in [3.63, 3.8) is 0 Å². The summed E-state index contributed by atoms with van der Waals surface area (Å²) in [6.07, 6.45) is 3.31. The third kappa shape index (κ3) is 3.28. The van der Waals surface area contributed by atoms with E-state index in [0.717, 1.165) is 10.0 Å². The van der Waals surface area contributed by atoms with Crippen LogP contribution in [0.5, 0.6) is 0 Å². The molecule has 1 N–H and O–H groups in total. The number of nitrogens with zero attached hydrogens (tertiary/aromatic N) is 1. The summed E-state index contributed by atoms with van der Waals surface area (Å²) in [7, 11) is 1.71. The number of carbonyl (C=O) groups is 1. The van der Waals surface area contributed by atoms with Gasteiger partial charge in [0.05, 0.1) is 6.61 Å². The Hall–Kier alpha value is -0.940. The number of ether oxygens (including phenoxy) is 1. The van der Waals surface area contributed by atoms with Crippen molar-refractivity contribution in [3.05, 3.63) is 28.5 Å². The minimum atomic E-state index is -0.463. The van der Waals surface area contributed by atoms with Gasteiger partial charge < -0.3 is 10.1 Å². The van der Waals surface area contributed by atoms with E-state index in [0.29, 0.717) is 6.61 Å². The molecule has 0 radical (unpaired) electrons. The zero-order valence-electron chi connectivity index (χ0n) is 8.66. The molecule has 0 amide bonds. The summed E-state index contributed by atoms with van der Waals surface area (Å²) in [5, 5.41) is 2.89. The van der Waals surface area contributed by atoms with Gasteiger partial charge in [0.1, 0.15) is 6.04 Å². The lowest BCUT2D eigenvalue weighted by Crippen LogP contribution is -2.27. The molecule has 0 saturated carbocycles. The Labute approximate surface area is 97.2 Å². The Balaban J connectivity index is 2.87. The number of hydrogen-bond donors (Lipinski definition) is 1. The molecule has 15 heavy (non-hydrogen) atoms. The number of esters is 1. The van der Waals surface area contributed by atoms with E-state index in [1.54, 1.807) is 26.4 Å². The Morgan fingerprint density at radius 2 is 2.40 bits per heavy atom. The second-order valence-electron chi connectivity index (χ2n) is 2.91. The summed E-state index contributed by atoms with van der Waals surface area (Å²) in [6, 6.07) is 1.38. The zero-order valence-corrected chi connectivity index (χ0v) is 10.2. The van der Waals surface area contributed by atoms with Crippen LogP contribution in [0.4, 0.5) is 0 Å². The number of nitrogens with one attached hydrogen (secondary N) is 1. The highest BCUT2D eigenvalue weighted by molar-refractivity contribution is 9.10. The van der Waals surface area contributed by atoms with Crippen molar-refractivity contribution in [1.82, 2.24) is 10.3 Å². The molecule has 4 nitrogen and oxygen atoms in total. The van der Waals surface area contributed by atoms with Gasteiger partial charge in [-0.05, 0) is 41.5 Å². The Morgan fingerprint density at radius 1 is 1.67 bits per heavy atom. The molecule has 1 atom stereocenters. The van der Waals surface area contributed by atoms with Gasteiger partial charge >= 0.3 is 5.97 Å². The van der Waals surface area contributed by atoms with Crippen molar-refractivity contribution >= 4 is 21.9 Å². The van der Waals surface area contributed by atoms with Crippen LogP contribution < -0.4 is 5.32 Å². The molecular formula is C10H13BrN2O2. The third-order valence-corrected chi connectivity index (χ3v) is 2.30. The van der Waals surface area contributed by atoms with Crippen molar-refractivity contribution < 1.29 is 9.53 Å². The number of aromatic nitrogens is 1. The molecule has 0 bridgehead atoms. The van der Waals surface area contributed by atoms with E-state index in [-0.39, 0.29) is 5.97 Å². The van der Waals surface area contributed by atoms with Gasteiger partial charge in [-0.15, -0.1) is 0 Å². The first-order valence-electron chi connectivity index (χ1n) is 4.63. The normalized spacial score (nSPS) is 12.2. The van der Waals surface area contributed by atoms with Crippen LogP contribution >= 0.6 is 15.9 Å². The maximum absolute atomic E-state index is 11.6. The maximum Gasteiger partial charge on any atom is 0.327 e. The van der Waals surface area contributed by atoms with E-state index in [4.69, 9.17) is 4.74 Å². The summed E-state index contributed by atoms with van der Waals surface area (Å²) in [5.74, 6) is -0.292. The van der Waals surface area contributed by atoms with Crippen LogP contribution in [0.3, 0.4) is 0 Å². The number of carbonyl (C=O) groups excluding carboxylic acids is 1. The fourth-order valence-corrected chi connectivity index (χ4v) is 1.61. The van der Waals surface area contributed by atoms with Crippen molar-refractivity contribution in [1.29, 1.82) is 0 Å². The second-order valence-corrected chi connectivity index (χ2v) is 3.83. The van der Waals surface area contributed by atoms with Crippen LogP contribution in [0.15, 0.2) is 22.9 Å². The largest absolute Gasteiger partial charge is 0.465 e. The van der Waals surface area contributed by atoms with Gasteiger partial charge in [-0.1, -0.05) is 0 Å². The van der Waals surface area contributed by atoms with Crippen molar-refractivity contribution in [3.8, 4) is 0 Å². The first-order valence-corrected chi connectivity index (χ1v) is 5.42. The molecule has 5 heteroatoms. The summed E-state index contributed by atoms with van der Waals surface area (Å²) in [5.41, 5.74) is 0.783. The Kier molecular flexibility index (Phi) is 4.71. The number of rotatable bonds is 4. The fraction of sp³-hybridized carbons (Fsp3) is 0.400. The number of hydrogen-bond acceptors (Lipinski definition) is 4. The predicted octanol–water partition coefficient (Wildman–Crippen LogP) is 1.67. The Morgan fingerprint density at radius 3 is 2.93 bits per heavy atom. The van der Waals surface area contributed by atoms with E-state index in [1.807, 2.05) is 6.07 Å². The SMILES string of the molecule is CCOC(=O)C(NC)c1cncc(Br)c1. The van der Waals surface area contributed by atoms with Gasteiger partial charge in [0.25, 0.3) is 0 Å². The molecule has 0 aromatic carbocycles. The molecule has 82 valence electrons. The van der Waals surface area contributed by atoms with E-state index in [9.17, 15) is 4.79 Å². The molecule has 1 unspecified atom stereocenters. The smallest absolute Gasteiger partial charge is 0.327 e. The average Bonchev–Trinajstić information content (AvgIpc) is 2.19. The molecule has 0 fully saturated rings. The van der Waals surface area contributed by atoms with Crippen LogP contribution in [0.2, 0.25) is 0 Å². The summed E-state index contributed by atoms with van der Waals surface area (Å²) >= 11 is 3.31. The lowest BCUT2D eigenvalue weighted by Gasteiger charge is -2.14. The highest BCUT2D eigenvalue weighted by atomic mass is 79.9. The van der Waals surface area contributed by atoms with E-state index < -0.39 is 6.04 Å². The molecular weight excluding hydrogens is 260 g/mol. The summed E-state index contributed by atoms with van der Waals surface area (Å²) in [4.78, 5) is 15.6.